The van der Waals surface area contributed by atoms with Crippen LogP contribution in [0.1, 0.15) is 36.3 Å². The van der Waals surface area contributed by atoms with E-state index < -0.39 is 0 Å². The summed E-state index contributed by atoms with van der Waals surface area (Å²) in [5.74, 6) is 0.244. The van der Waals surface area contributed by atoms with Gasteiger partial charge in [-0.05, 0) is 48.9 Å². The number of benzene rings is 2. The largest absolute Gasteiger partial charge is 0.508 e. The number of hydrogen-bond donors (Lipinski definition) is 1. The molecule has 2 heterocycles. The zero-order chi connectivity index (χ0) is 18.0. The van der Waals surface area contributed by atoms with Crippen molar-refractivity contribution in [2.24, 2.45) is 0 Å². The van der Waals surface area contributed by atoms with Crippen molar-refractivity contribution in [3.63, 3.8) is 0 Å². The van der Waals surface area contributed by atoms with Gasteiger partial charge in [0.1, 0.15) is 5.75 Å². The van der Waals surface area contributed by atoms with Gasteiger partial charge in [-0.3, -0.25) is 4.79 Å². The van der Waals surface area contributed by atoms with E-state index in [1.54, 1.807) is 12.1 Å². The van der Waals surface area contributed by atoms with Crippen molar-refractivity contribution in [3.05, 3.63) is 65.7 Å². The molecule has 2 saturated heterocycles. The second-order valence-electron chi connectivity index (χ2n) is 7.44. The van der Waals surface area contributed by atoms with Crippen molar-refractivity contribution in [2.75, 3.05) is 19.7 Å². The van der Waals surface area contributed by atoms with Gasteiger partial charge in [-0.1, -0.05) is 42.5 Å². The molecule has 0 aliphatic carbocycles. The Labute approximate surface area is 154 Å². The molecule has 4 rings (SSSR count). The Kier molecular flexibility index (Phi) is 4.68. The summed E-state index contributed by atoms with van der Waals surface area (Å²) in [7, 11) is 0. The van der Waals surface area contributed by atoms with E-state index in [1.165, 1.54) is 0 Å². The lowest BCUT2D eigenvalue weighted by molar-refractivity contribution is -0.176. The lowest BCUT2D eigenvalue weighted by atomic mass is 9.83. The minimum absolute atomic E-state index is 0.0516. The van der Waals surface area contributed by atoms with Crippen LogP contribution < -0.4 is 0 Å². The maximum Gasteiger partial charge on any atom is 0.230 e. The monoisotopic (exact) mass is 351 g/mol. The lowest BCUT2D eigenvalue weighted by Gasteiger charge is -2.48. The van der Waals surface area contributed by atoms with Crippen LogP contribution in [-0.4, -0.2) is 41.2 Å². The van der Waals surface area contributed by atoms with Gasteiger partial charge in [-0.2, -0.15) is 0 Å². The standard InChI is InChI=1S/C22H25NO3/c24-19-8-6-17(7-9-19)16-20(18-4-2-1-3-5-18)21(25)23-13-10-22(11-14-23)12-15-26-22/h1-9,20,24H,10-16H2/t20-/m0/s1. The van der Waals surface area contributed by atoms with Gasteiger partial charge in [0.2, 0.25) is 5.91 Å². The number of piperidine rings is 1. The van der Waals surface area contributed by atoms with E-state index in [1.807, 2.05) is 47.4 Å². The van der Waals surface area contributed by atoms with E-state index in [0.717, 1.165) is 50.1 Å². The molecule has 0 unspecified atom stereocenters. The Bertz CT molecular complexity index is 743. The Hall–Kier alpha value is -2.33. The van der Waals surface area contributed by atoms with Crippen LogP contribution in [0, 0.1) is 0 Å². The van der Waals surface area contributed by atoms with Crippen molar-refractivity contribution < 1.29 is 14.6 Å². The lowest BCUT2D eigenvalue weighted by Crippen LogP contribution is -2.54. The molecule has 0 saturated carbocycles. The molecule has 1 N–H and O–H groups in total. The van der Waals surface area contributed by atoms with E-state index in [-0.39, 0.29) is 23.2 Å². The fraction of sp³-hybridized carbons (Fsp3) is 0.409. The third-order valence-corrected chi connectivity index (χ3v) is 5.83. The molecule has 4 heteroatoms. The summed E-state index contributed by atoms with van der Waals surface area (Å²) in [6.07, 6.45) is 3.66. The third-order valence-electron chi connectivity index (χ3n) is 5.83. The average molecular weight is 351 g/mol. The molecule has 0 aromatic heterocycles. The molecule has 2 aliphatic heterocycles. The van der Waals surface area contributed by atoms with Crippen LogP contribution in [0.25, 0.3) is 0 Å². The maximum atomic E-state index is 13.3. The second kappa shape index (κ2) is 7.12. The highest BCUT2D eigenvalue weighted by Gasteiger charge is 2.42. The molecule has 2 aliphatic rings. The van der Waals surface area contributed by atoms with Crippen LogP contribution in [0.4, 0.5) is 0 Å². The number of carbonyl (C=O) groups excluding carboxylic acids is 1. The predicted octanol–water partition coefficient (Wildman–Crippen LogP) is 3.50. The number of phenolic OH excluding ortho intramolecular Hbond substituents is 1. The number of carbonyl (C=O) groups is 1. The molecule has 2 aromatic carbocycles. The summed E-state index contributed by atoms with van der Waals surface area (Å²) in [5.41, 5.74) is 2.15. The summed E-state index contributed by atoms with van der Waals surface area (Å²) in [5, 5.41) is 9.51. The van der Waals surface area contributed by atoms with Crippen molar-refractivity contribution in [1.29, 1.82) is 0 Å². The summed E-state index contributed by atoms with van der Waals surface area (Å²) in [4.78, 5) is 15.3. The number of nitrogens with zero attached hydrogens (tertiary/aromatic N) is 1. The molecule has 1 spiro atoms. The first-order valence-electron chi connectivity index (χ1n) is 9.41. The van der Waals surface area contributed by atoms with Crippen molar-refractivity contribution in [3.8, 4) is 5.75 Å². The smallest absolute Gasteiger partial charge is 0.230 e. The van der Waals surface area contributed by atoms with Gasteiger partial charge in [0.15, 0.2) is 0 Å². The van der Waals surface area contributed by atoms with E-state index in [9.17, 15) is 9.90 Å². The van der Waals surface area contributed by atoms with Crippen LogP contribution in [-0.2, 0) is 16.0 Å². The summed E-state index contributed by atoms with van der Waals surface area (Å²) < 4.78 is 5.78. The highest BCUT2D eigenvalue weighted by molar-refractivity contribution is 5.84. The van der Waals surface area contributed by atoms with Gasteiger partial charge in [0, 0.05) is 13.1 Å². The molecule has 0 radical (unpaired) electrons. The second-order valence-corrected chi connectivity index (χ2v) is 7.44. The van der Waals surface area contributed by atoms with Gasteiger partial charge in [-0.25, -0.2) is 0 Å². The van der Waals surface area contributed by atoms with E-state index in [0.29, 0.717) is 6.42 Å². The SMILES string of the molecule is O=C([C@@H](Cc1ccc(O)cc1)c1ccccc1)N1CCC2(CCO2)CC1. The summed E-state index contributed by atoms with van der Waals surface area (Å²) in [6, 6.07) is 17.2. The molecule has 136 valence electrons. The minimum Gasteiger partial charge on any atom is -0.508 e. The first-order valence-corrected chi connectivity index (χ1v) is 9.41. The number of aromatic hydroxyl groups is 1. The van der Waals surface area contributed by atoms with Crippen molar-refractivity contribution >= 4 is 5.91 Å². The number of ether oxygens (including phenoxy) is 1. The molecule has 1 atom stereocenters. The molecule has 0 bridgehead atoms. The number of amides is 1. The minimum atomic E-state index is -0.197. The Morgan fingerprint density at radius 3 is 2.27 bits per heavy atom. The molecule has 2 fully saturated rings. The highest BCUT2D eigenvalue weighted by atomic mass is 16.5. The van der Waals surface area contributed by atoms with Gasteiger partial charge >= 0.3 is 0 Å². The zero-order valence-corrected chi connectivity index (χ0v) is 14.9. The van der Waals surface area contributed by atoms with Gasteiger partial charge in [0.05, 0.1) is 18.1 Å². The van der Waals surface area contributed by atoms with Crippen LogP contribution >= 0.6 is 0 Å². The van der Waals surface area contributed by atoms with Crippen molar-refractivity contribution in [1.82, 2.24) is 4.90 Å². The first kappa shape index (κ1) is 17.1. The molecule has 4 nitrogen and oxygen atoms in total. The molecule has 1 amide bonds. The van der Waals surface area contributed by atoms with Gasteiger partial charge in [0.25, 0.3) is 0 Å². The Morgan fingerprint density at radius 2 is 1.69 bits per heavy atom. The van der Waals surface area contributed by atoms with E-state index in [4.69, 9.17) is 4.74 Å². The fourth-order valence-corrected chi connectivity index (χ4v) is 4.04. The predicted molar refractivity (Wildman–Crippen MR) is 100 cm³/mol. The highest BCUT2D eigenvalue weighted by Crippen LogP contribution is 2.37. The molecular formula is C22H25NO3. The first-order chi connectivity index (χ1) is 12.7. The summed E-state index contributed by atoms with van der Waals surface area (Å²) in [6.45, 7) is 2.41. The van der Waals surface area contributed by atoms with Crippen LogP contribution in [0.15, 0.2) is 54.6 Å². The molecule has 26 heavy (non-hydrogen) atoms. The maximum absolute atomic E-state index is 13.3. The number of likely N-dealkylation sites (tertiary alicyclic amines) is 1. The van der Waals surface area contributed by atoms with Gasteiger partial charge in [-0.15, -0.1) is 0 Å². The normalized spacial score (nSPS) is 19.8. The third kappa shape index (κ3) is 3.47. The molecular weight excluding hydrogens is 326 g/mol. The quantitative estimate of drug-likeness (QED) is 0.917. The van der Waals surface area contributed by atoms with Crippen LogP contribution in [0.5, 0.6) is 5.75 Å². The summed E-state index contributed by atoms with van der Waals surface area (Å²) >= 11 is 0. The molecule has 2 aromatic rings. The van der Waals surface area contributed by atoms with E-state index in [2.05, 4.69) is 0 Å². The Morgan fingerprint density at radius 1 is 1.04 bits per heavy atom. The Balaban J connectivity index is 1.52. The fourth-order valence-electron chi connectivity index (χ4n) is 4.04. The zero-order valence-electron chi connectivity index (χ0n) is 14.9. The average Bonchev–Trinajstić information content (AvgIpc) is 2.66. The van der Waals surface area contributed by atoms with Crippen LogP contribution in [0.3, 0.4) is 0 Å². The van der Waals surface area contributed by atoms with Crippen LogP contribution in [0.2, 0.25) is 0 Å². The van der Waals surface area contributed by atoms with Crippen molar-refractivity contribution in [2.45, 2.75) is 37.2 Å². The van der Waals surface area contributed by atoms with Gasteiger partial charge < -0.3 is 14.7 Å². The number of phenols is 1. The number of hydrogen-bond acceptors (Lipinski definition) is 3. The van der Waals surface area contributed by atoms with E-state index >= 15 is 0 Å². The number of rotatable bonds is 4. The topological polar surface area (TPSA) is 49.8 Å².